The van der Waals surface area contributed by atoms with Gasteiger partial charge in [0.25, 0.3) is 5.91 Å². The van der Waals surface area contributed by atoms with Crippen molar-refractivity contribution >= 4 is 23.5 Å². The number of fused-ring (bicyclic) bond motifs is 1. The fourth-order valence-corrected chi connectivity index (χ4v) is 1.53. The number of thiophene rings is 1. The van der Waals surface area contributed by atoms with E-state index in [9.17, 15) is 4.79 Å². The van der Waals surface area contributed by atoms with Crippen molar-refractivity contribution in [1.29, 1.82) is 0 Å². The lowest BCUT2D eigenvalue weighted by Gasteiger charge is -1.77. The maximum Gasteiger partial charge on any atom is 0.278 e. The van der Waals surface area contributed by atoms with E-state index < -0.39 is 0 Å². The van der Waals surface area contributed by atoms with E-state index >= 15 is 0 Å². The second-order valence-corrected chi connectivity index (χ2v) is 2.71. The number of carbonyl (C=O) groups excluding carboxylic acids is 1. The van der Waals surface area contributed by atoms with E-state index in [-0.39, 0.29) is 5.91 Å². The van der Waals surface area contributed by atoms with E-state index in [4.69, 9.17) is 0 Å². The molecule has 3 heteroatoms. The molecule has 0 saturated heterocycles. The van der Waals surface area contributed by atoms with Crippen LogP contribution in [-0.4, -0.2) is 12.1 Å². The molecule has 0 radical (unpaired) electrons. The molecule has 0 unspecified atom stereocenters. The van der Waals surface area contributed by atoms with Crippen LogP contribution in [0.2, 0.25) is 0 Å². The molecule has 2 rings (SSSR count). The van der Waals surface area contributed by atoms with Crippen molar-refractivity contribution in [3.8, 4) is 0 Å². The van der Waals surface area contributed by atoms with E-state index in [1.54, 1.807) is 23.6 Å². The Morgan fingerprint density at radius 3 is 3.22 bits per heavy atom. The van der Waals surface area contributed by atoms with Crippen LogP contribution in [0.5, 0.6) is 0 Å². The number of aliphatic imine (C=N–C) groups is 1. The molecule has 9 heavy (non-hydrogen) atoms. The third kappa shape index (κ3) is 0.549. The smallest absolute Gasteiger partial charge is 0.267 e. The largest absolute Gasteiger partial charge is 0.278 e. The van der Waals surface area contributed by atoms with Crippen molar-refractivity contribution < 1.29 is 4.79 Å². The van der Waals surface area contributed by atoms with Crippen molar-refractivity contribution in [2.75, 3.05) is 0 Å². The van der Waals surface area contributed by atoms with Crippen LogP contribution >= 0.6 is 11.3 Å². The molecule has 1 amide bonds. The minimum atomic E-state index is -0.105. The molecule has 44 valence electrons. The van der Waals surface area contributed by atoms with E-state index in [2.05, 4.69) is 4.99 Å². The van der Waals surface area contributed by atoms with E-state index in [1.807, 2.05) is 5.38 Å². The Morgan fingerprint density at radius 1 is 1.56 bits per heavy atom. The van der Waals surface area contributed by atoms with Gasteiger partial charge in [-0.1, -0.05) is 0 Å². The van der Waals surface area contributed by atoms with Gasteiger partial charge < -0.3 is 0 Å². The standard InChI is InChI=1S/C6H3NOS/c8-6-4-1-2-9-5(4)3-7-6/h1-3H. The number of amides is 1. The van der Waals surface area contributed by atoms with Gasteiger partial charge in [0.2, 0.25) is 0 Å². The highest BCUT2D eigenvalue weighted by Crippen LogP contribution is 2.19. The van der Waals surface area contributed by atoms with Crippen LogP contribution in [-0.2, 0) is 0 Å². The van der Waals surface area contributed by atoms with Crippen LogP contribution in [0.4, 0.5) is 0 Å². The normalized spacial score (nSPS) is 14.4. The van der Waals surface area contributed by atoms with Crippen LogP contribution in [0.1, 0.15) is 15.2 Å². The van der Waals surface area contributed by atoms with Crippen molar-refractivity contribution in [2.24, 2.45) is 4.99 Å². The SMILES string of the molecule is O=C1N=Cc2sccc21. The zero-order valence-corrected chi connectivity index (χ0v) is 5.31. The molecule has 0 fully saturated rings. The van der Waals surface area contributed by atoms with Crippen LogP contribution in [0.3, 0.4) is 0 Å². The summed E-state index contributed by atoms with van der Waals surface area (Å²) >= 11 is 1.55. The molecule has 2 nitrogen and oxygen atoms in total. The summed E-state index contributed by atoms with van der Waals surface area (Å²) in [6.45, 7) is 0. The molecule has 1 aliphatic rings. The third-order valence-electron chi connectivity index (χ3n) is 1.22. The minimum absolute atomic E-state index is 0.105. The second kappa shape index (κ2) is 1.51. The highest BCUT2D eigenvalue weighted by molar-refractivity contribution is 7.12. The van der Waals surface area contributed by atoms with Crippen LogP contribution in [0.25, 0.3) is 0 Å². The average molecular weight is 137 g/mol. The van der Waals surface area contributed by atoms with Crippen LogP contribution in [0, 0.1) is 0 Å². The van der Waals surface area contributed by atoms with Gasteiger partial charge in [0, 0.05) is 6.21 Å². The number of hydrogen-bond acceptors (Lipinski definition) is 2. The average Bonchev–Trinajstić information content (AvgIpc) is 2.35. The fraction of sp³-hybridized carbons (Fsp3) is 0. The number of hydrogen-bond donors (Lipinski definition) is 0. The number of rotatable bonds is 0. The lowest BCUT2D eigenvalue weighted by molar-refractivity contribution is 0.101. The summed E-state index contributed by atoms with van der Waals surface area (Å²) in [7, 11) is 0. The summed E-state index contributed by atoms with van der Waals surface area (Å²) in [5.41, 5.74) is 0.750. The predicted octanol–water partition coefficient (Wildman–Crippen LogP) is 1.32. The molecule has 0 saturated carbocycles. The first-order valence-electron chi connectivity index (χ1n) is 2.54. The van der Waals surface area contributed by atoms with Gasteiger partial charge in [0.1, 0.15) is 0 Å². The zero-order chi connectivity index (χ0) is 6.27. The molecule has 0 atom stereocenters. The highest BCUT2D eigenvalue weighted by Gasteiger charge is 2.14. The number of nitrogens with zero attached hydrogens (tertiary/aromatic N) is 1. The first kappa shape index (κ1) is 4.88. The summed E-state index contributed by atoms with van der Waals surface area (Å²) in [6.07, 6.45) is 1.61. The minimum Gasteiger partial charge on any atom is -0.267 e. The molecule has 0 aliphatic carbocycles. The summed E-state index contributed by atoms with van der Waals surface area (Å²) in [6, 6.07) is 1.80. The molecular weight excluding hydrogens is 134 g/mol. The number of carbonyl (C=O) groups is 1. The van der Waals surface area contributed by atoms with Crippen molar-refractivity contribution in [3.63, 3.8) is 0 Å². The fourth-order valence-electron chi connectivity index (χ4n) is 0.784. The topological polar surface area (TPSA) is 29.4 Å². The maximum atomic E-state index is 10.7. The lowest BCUT2D eigenvalue weighted by atomic mass is 10.3. The van der Waals surface area contributed by atoms with Gasteiger partial charge in [-0.2, -0.15) is 0 Å². The summed E-state index contributed by atoms with van der Waals surface area (Å²) in [5.74, 6) is -0.105. The van der Waals surface area contributed by atoms with Crippen LogP contribution < -0.4 is 0 Å². The molecule has 1 aliphatic heterocycles. The molecular formula is C6H3NOS. The summed E-state index contributed by atoms with van der Waals surface area (Å²) in [5, 5.41) is 1.90. The van der Waals surface area contributed by atoms with E-state index in [0.717, 1.165) is 10.4 Å². The molecule has 1 aromatic rings. The van der Waals surface area contributed by atoms with Crippen molar-refractivity contribution in [2.45, 2.75) is 0 Å². The monoisotopic (exact) mass is 137 g/mol. The quantitative estimate of drug-likeness (QED) is 0.530. The van der Waals surface area contributed by atoms with Gasteiger partial charge in [0.05, 0.1) is 10.4 Å². The Bertz CT molecular complexity index is 287. The molecule has 2 heterocycles. The summed E-state index contributed by atoms with van der Waals surface area (Å²) < 4.78 is 0. The Labute approximate surface area is 55.9 Å². The molecule has 0 aromatic carbocycles. The second-order valence-electron chi connectivity index (χ2n) is 1.76. The van der Waals surface area contributed by atoms with Gasteiger partial charge in [-0.05, 0) is 11.4 Å². The predicted molar refractivity (Wildman–Crippen MR) is 36.2 cm³/mol. The van der Waals surface area contributed by atoms with Gasteiger partial charge >= 0.3 is 0 Å². The lowest BCUT2D eigenvalue weighted by Crippen LogP contribution is -1.84. The first-order chi connectivity index (χ1) is 4.38. The van der Waals surface area contributed by atoms with Gasteiger partial charge in [-0.25, -0.2) is 4.99 Å². The Hall–Kier alpha value is -0.960. The van der Waals surface area contributed by atoms with Gasteiger partial charge in [0.15, 0.2) is 0 Å². The molecule has 0 spiro atoms. The maximum absolute atomic E-state index is 10.7. The Morgan fingerprint density at radius 2 is 2.44 bits per heavy atom. The molecule has 1 aromatic heterocycles. The Balaban J connectivity index is 2.73. The van der Waals surface area contributed by atoms with Crippen molar-refractivity contribution in [3.05, 3.63) is 21.9 Å². The van der Waals surface area contributed by atoms with Crippen molar-refractivity contribution in [1.82, 2.24) is 0 Å². The molecule has 0 bridgehead atoms. The summed E-state index contributed by atoms with van der Waals surface area (Å²) in [4.78, 5) is 15.3. The van der Waals surface area contributed by atoms with Gasteiger partial charge in [-0.15, -0.1) is 11.3 Å². The van der Waals surface area contributed by atoms with Crippen LogP contribution in [0.15, 0.2) is 16.4 Å². The van der Waals surface area contributed by atoms with E-state index in [1.165, 1.54) is 0 Å². The third-order valence-corrected chi connectivity index (χ3v) is 2.08. The van der Waals surface area contributed by atoms with Gasteiger partial charge in [-0.3, -0.25) is 4.79 Å². The van der Waals surface area contributed by atoms with E-state index in [0.29, 0.717) is 0 Å². The zero-order valence-electron chi connectivity index (χ0n) is 4.50. The molecule has 0 N–H and O–H groups in total. The highest BCUT2D eigenvalue weighted by atomic mass is 32.1. The first-order valence-corrected chi connectivity index (χ1v) is 3.42. The Kier molecular flexibility index (Phi) is 0.818.